The minimum absolute atomic E-state index is 0. The highest BCUT2D eigenvalue weighted by atomic mass is 35.5. The van der Waals surface area contributed by atoms with Gasteiger partial charge in [0.05, 0.1) is 7.11 Å². The van der Waals surface area contributed by atoms with Crippen molar-refractivity contribution < 1.29 is 9.84 Å². The van der Waals surface area contributed by atoms with Gasteiger partial charge < -0.3 is 14.8 Å². The second-order valence-corrected chi connectivity index (χ2v) is 7.55. The Hall–Kier alpha value is -1.23. The number of ether oxygens (including phenoxy) is 1. The Kier molecular flexibility index (Phi) is 4.02. The number of rotatable bonds is 2. The Balaban J connectivity index is 0.00000146. The minimum atomic E-state index is 0. The topological polar surface area (TPSA) is 48.5 Å². The van der Waals surface area contributed by atoms with E-state index in [0.29, 0.717) is 24.5 Å². The van der Waals surface area contributed by atoms with Crippen LogP contribution in [0.1, 0.15) is 30.0 Å². The number of methoxy groups -OCH3 is 1. The molecule has 4 nitrogen and oxygen atoms in total. The molecule has 0 radical (unpaired) electrons. The van der Waals surface area contributed by atoms with Crippen LogP contribution in [0.25, 0.3) is 10.9 Å². The highest BCUT2D eigenvalue weighted by Crippen LogP contribution is 2.50. The average molecular weight is 349 g/mol. The molecular weight excluding hydrogens is 324 g/mol. The third-order valence-corrected chi connectivity index (χ3v) is 6.43. The molecule has 2 saturated heterocycles. The molecule has 5 heteroatoms. The lowest BCUT2D eigenvalue weighted by molar-refractivity contribution is -0.0320. The molecular formula is C19H25ClN2O2. The quantitative estimate of drug-likeness (QED) is 0.877. The Morgan fingerprint density at radius 1 is 1.33 bits per heavy atom. The molecule has 24 heavy (non-hydrogen) atoms. The van der Waals surface area contributed by atoms with E-state index < -0.39 is 0 Å². The maximum Gasteiger partial charge on any atom is 0.119 e. The summed E-state index contributed by atoms with van der Waals surface area (Å²) < 4.78 is 5.43. The molecule has 5 unspecified atom stereocenters. The second kappa shape index (κ2) is 5.94. The van der Waals surface area contributed by atoms with Crippen LogP contribution in [0.5, 0.6) is 5.75 Å². The molecule has 130 valence electrons. The van der Waals surface area contributed by atoms with E-state index >= 15 is 0 Å². The molecule has 2 aromatic rings. The number of aliphatic hydroxyl groups is 1. The number of nitrogens with zero attached hydrogens (tertiary/aromatic N) is 1. The zero-order chi connectivity index (χ0) is 15.6. The lowest BCUT2D eigenvalue weighted by Crippen LogP contribution is -2.57. The Morgan fingerprint density at radius 2 is 2.21 bits per heavy atom. The van der Waals surface area contributed by atoms with Crippen LogP contribution in [0.2, 0.25) is 0 Å². The minimum Gasteiger partial charge on any atom is -0.497 e. The summed E-state index contributed by atoms with van der Waals surface area (Å²) in [6.45, 7) is 2.67. The lowest BCUT2D eigenvalue weighted by atomic mass is 9.66. The molecule has 3 fully saturated rings. The van der Waals surface area contributed by atoms with Crippen LogP contribution in [0.3, 0.4) is 0 Å². The molecule has 5 atom stereocenters. The summed E-state index contributed by atoms with van der Waals surface area (Å²) in [7, 11) is 1.73. The largest absolute Gasteiger partial charge is 0.497 e. The van der Waals surface area contributed by atoms with Crippen molar-refractivity contribution in [3.05, 3.63) is 29.5 Å². The van der Waals surface area contributed by atoms with Gasteiger partial charge in [-0.05, 0) is 54.9 Å². The number of fused-ring (bicyclic) bond motifs is 4. The molecule has 1 aliphatic carbocycles. The molecule has 1 saturated carbocycles. The molecule has 0 spiro atoms. The number of benzene rings is 1. The Bertz CT molecular complexity index is 759. The first-order chi connectivity index (χ1) is 11.3. The van der Waals surface area contributed by atoms with Crippen LogP contribution in [0.4, 0.5) is 0 Å². The number of H-pyrrole nitrogens is 1. The predicted octanol–water partition coefficient (Wildman–Crippen LogP) is 2.94. The fourth-order valence-electron chi connectivity index (χ4n) is 5.57. The van der Waals surface area contributed by atoms with E-state index in [1.165, 1.54) is 41.5 Å². The first-order valence-corrected chi connectivity index (χ1v) is 8.82. The number of nitrogens with one attached hydrogen (secondary N) is 1. The van der Waals surface area contributed by atoms with Crippen LogP contribution in [-0.4, -0.2) is 47.8 Å². The van der Waals surface area contributed by atoms with E-state index in [1.807, 2.05) is 6.07 Å². The van der Waals surface area contributed by atoms with E-state index in [9.17, 15) is 5.11 Å². The highest BCUT2D eigenvalue weighted by Gasteiger charge is 2.49. The van der Waals surface area contributed by atoms with Gasteiger partial charge in [0, 0.05) is 48.3 Å². The fraction of sp³-hybridized carbons (Fsp3) is 0.579. The lowest BCUT2D eigenvalue weighted by Gasteiger charge is -2.52. The third-order valence-electron chi connectivity index (χ3n) is 6.43. The van der Waals surface area contributed by atoms with E-state index in [-0.39, 0.29) is 12.4 Å². The van der Waals surface area contributed by atoms with Crippen LogP contribution < -0.4 is 4.74 Å². The standard InChI is InChI=1S/C19H24N2O2.ClH/c1-23-13-2-3-17-15(8-13)14-4-5-21-9-11-6-12(10-22)19(21)16(7-11)18(14)20-17;/h2-3,8,11-12,16,19-20,22H,4-7,9-10H2,1H3;1H. The molecule has 0 amide bonds. The maximum atomic E-state index is 9.86. The van der Waals surface area contributed by atoms with Gasteiger partial charge in [0.15, 0.2) is 0 Å². The van der Waals surface area contributed by atoms with Gasteiger partial charge >= 0.3 is 0 Å². The van der Waals surface area contributed by atoms with Gasteiger partial charge in [0.1, 0.15) is 5.75 Å². The molecule has 4 aliphatic rings. The monoisotopic (exact) mass is 348 g/mol. The van der Waals surface area contributed by atoms with Crippen molar-refractivity contribution in [2.24, 2.45) is 11.8 Å². The van der Waals surface area contributed by atoms with Crippen molar-refractivity contribution in [2.45, 2.75) is 31.2 Å². The first-order valence-electron chi connectivity index (χ1n) is 8.82. The van der Waals surface area contributed by atoms with Gasteiger partial charge in [0.2, 0.25) is 0 Å². The van der Waals surface area contributed by atoms with Crippen LogP contribution in [0, 0.1) is 11.8 Å². The van der Waals surface area contributed by atoms with E-state index in [2.05, 4.69) is 22.0 Å². The average Bonchev–Trinajstić information content (AvgIpc) is 2.92. The SMILES string of the molecule is COc1ccc2[nH]c3c(c2c1)CCN1CC2CC(CO)C1C3C2.Cl. The number of aliphatic hydroxyl groups excluding tert-OH is 1. The van der Waals surface area contributed by atoms with E-state index in [4.69, 9.17) is 4.74 Å². The molecule has 6 rings (SSSR count). The Labute approximate surface area is 148 Å². The normalized spacial score (nSPS) is 33.7. The zero-order valence-electron chi connectivity index (χ0n) is 14.0. The van der Waals surface area contributed by atoms with E-state index in [1.54, 1.807) is 7.11 Å². The van der Waals surface area contributed by atoms with Crippen molar-refractivity contribution in [1.29, 1.82) is 0 Å². The number of hydrogen-bond donors (Lipinski definition) is 2. The number of hydrogen-bond acceptors (Lipinski definition) is 3. The third kappa shape index (κ3) is 2.20. The summed E-state index contributed by atoms with van der Waals surface area (Å²) in [5.74, 6) is 2.67. The molecule has 4 bridgehead atoms. The zero-order valence-corrected chi connectivity index (χ0v) is 14.8. The number of aromatic nitrogens is 1. The Morgan fingerprint density at radius 3 is 3.00 bits per heavy atom. The predicted molar refractivity (Wildman–Crippen MR) is 97.2 cm³/mol. The highest BCUT2D eigenvalue weighted by molar-refractivity contribution is 5.86. The summed E-state index contributed by atoms with van der Waals surface area (Å²) in [5.41, 5.74) is 4.14. The van der Waals surface area contributed by atoms with Crippen molar-refractivity contribution >= 4 is 23.3 Å². The van der Waals surface area contributed by atoms with Gasteiger partial charge in [-0.2, -0.15) is 0 Å². The van der Waals surface area contributed by atoms with Crippen LogP contribution in [-0.2, 0) is 6.42 Å². The summed E-state index contributed by atoms with van der Waals surface area (Å²) in [4.78, 5) is 6.38. The molecule has 4 heterocycles. The van der Waals surface area contributed by atoms with Crippen molar-refractivity contribution in [3.63, 3.8) is 0 Å². The number of piperidine rings is 2. The summed E-state index contributed by atoms with van der Waals surface area (Å²) in [5, 5.41) is 11.2. The van der Waals surface area contributed by atoms with Gasteiger partial charge in [-0.15, -0.1) is 12.4 Å². The molecule has 2 N–H and O–H groups in total. The molecule has 3 aliphatic heterocycles. The van der Waals surface area contributed by atoms with Gasteiger partial charge in [-0.25, -0.2) is 0 Å². The van der Waals surface area contributed by atoms with Crippen molar-refractivity contribution in [3.8, 4) is 5.75 Å². The molecule has 1 aromatic carbocycles. The molecule has 1 aromatic heterocycles. The summed E-state index contributed by atoms with van der Waals surface area (Å²) in [6, 6.07) is 6.87. The number of halogens is 1. The second-order valence-electron chi connectivity index (χ2n) is 7.55. The summed E-state index contributed by atoms with van der Waals surface area (Å²) in [6.07, 6.45) is 3.58. The van der Waals surface area contributed by atoms with Crippen LogP contribution >= 0.6 is 12.4 Å². The van der Waals surface area contributed by atoms with Crippen molar-refractivity contribution in [2.75, 3.05) is 26.8 Å². The van der Waals surface area contributed by atoms with Crippen LogP contribution in [0.15, 0.2) is 18.2 Å². The number of aromatic amines is 1. The smallest absolute Gasteiger partial charge is 0.119 e. The van der Waals surface area contributed by atoms with E-state index in [0.717, 1.165) is 24.6 Å². The van der Waals surface area contributed by atoms with Crippen molar-refractivity contribution in [1.82, 2.24) is 9.88 Å². The summed E-state index contributed by atoms with van der Waals surface area (Å²) >= 11 is 0. The maximum absolute atomic E-state index is 9.86. The van der Waals surface area contributed by atoms with Gasteiger partial charge in [-0.3, -0.25) is 4.90 Å². The fourth-order valence-corrected chi connectivity index (χ4v) is 5.57. The van der Waals surface area contributed by atoms with Gasteiger partial charge in [0.25, 0.3) is 0 Å². The first kappa shape index (κ1) is 16.2. The van der Waals surface area contributed by atoms with Gasteiger partial charge in [-0.1, -0.05) is 0 Å².